The second-order valence-electron chi connectivity index (χ2n) is 4.57. The number of hydrogen-bond donors (Lipinski definition) is 2. The summed E-state index contributed by atoms with van der Waals surface area (Å²) < 4.78 is 5.39. The highest BCUT2D eigenvalue weighted by Crippen LogP contribution is 2.30. The Hall–Kier alpha value is -2.31. The first-order valence-electron chi connectivity index (χ1n) is 6.91. The van der Waals surface area contributed by atoms with Gasteiger partial charge in [-0.25, -0.2) is 0 Å². The predicted octanol–water partition coefficient (Wildman–Crippen LogP) is 3.05. The van der Waals surface area contributed by atoms with E-state index in [2.05, 4.69) is 5.32 Å². The molecule has 0 aliphatic heterocycles. The molecule has 0 fully saturated rings. The van der Waals surface area contributed by atoms with E-state index in [1.54, 1.807) is 12.1 Å². The monoisotopic (exact) mass is 296 g/mol. The summed E-state index contributed by atoms with van der Waals surface area (Å²) in [6.07, 6.45) is 2.22. The van der Waals surface area contributed by atoms with Crippen LogP contribution in [0, 0.1) is 10.1 Å². The van der Waals surface area contributed by atoms with Crippen molar-refractivity contribution in [2.45, 2.75) is 32.6 Å². The Kier molecular flexibility index (Phi) is 7.00. The SMILES string of the molecule is CCCOc1cc(NCCCCC(=O)O)ccc1[N+](=O)[O-]. The van der Waals surface area contributed by atoms with E-state index in [4.69, 9.17) is 9.84 Å². The van der Waals surface area contributed by atoms with Crippen LogP contribution in [-0.2, 0) is 4.79 Å². The molecule has 0 spiro atoms. The lowest BCUT2D eigenvalue weighted by atomic mass is 10.2. The van der Waals surface area contributed by atoms with Crippen molar-refractivity contribution in [3.05, 3.63) is 28.3 Å². The second kappa shape index (κ2) is 8.78. The average Bonchev–Trinajstić information content (AvgIpc) is 2.44. The number of nitro groups is 1. The highest BCUT2D eigenvalue weighted by Gasteiger charge is 2.15. The van der Waals surface area contributed by atoms with Crippen molar-refractivity contribution in [1.29, 1.82) is 0 Å². The molecule has 0 amide bonds. The van der Waals surface area contributed by atoms with Crippen molar-refractivity contribution in [3.8, 4) is 5.75 Å². The minimum absolute atomic E-state index is 0.0557. The maximum absolute atomic E-state index is 10.9. The molecule has 0 saturated carbocycles. The number of nitro benzene ring substituents is 1. The molecule has 0 aliphatic rings. The van der Waals surface area contributed by atoms with Gasteiger partial charge in [-0.15, -0.1) is 0 Å². The molecule has 0 aromatic heterocycles. The summed E-state index contributed by atoms with van der Waals surface area (Å²) in [5.41, 5.74) is 0.668. The van der Waals surface area contributed by atoms with Gasteiger partial charge in [0, 0.05) is 30.8 Å². The Labute approximate surface area is 123 Å². The number of aliphatic carboxylic acids is 1. The van der Waals surface area contributed by atoms with Crippen LogP contribution in [0.25, 0.3) is 0 Å². The van der Waals surface area contributed by atoms with Crippen LogP contribution < -0.4 is 10.1 Å². The summed E-state index contributed by atoms with van der Waals surface area (Å²) in [4.78, 5) is 20.8. The first-order chi connectivity index (χ1) is 10.0. The zero-order valence-electron chi connectivity index (χ0n) is 12.0. The van der Waals surface area contributed by atoms with Gasteiger partial charge in [0.25, 0.3) is 0 Å². The third kappa shape index (κ3) is 6.11. The molecule has 2 N–H and O–H groups in total. The maximum Gasteiger partial charge on any atom is 0.311 e. The quantitative estimate of drug-likeness (QED) is 0.391. The van der Waals surface area contributed by atoms with E-state index >= 15 is 0 Å². The van der Waals surface area contributed by atoms with Crippen LogP contribution in [-0.4, -0.2) is 29.2 Å². The molecule has 0 unspecified atom stereocenters. The maximum atomic E-state index is 10.9. The zero-order chi connectivity index (χ0) is 15.7. The zero-order valence-corrected chi connectivity index (χ0v) is 12.0. The third-order valence-corrected chi connectivity index (χ3v) is 2.76. The average molecular weight is 296 g/mol. The minimum atomic E-state index is -0.805. The summed E-state index contributed by atoms with van der Waals surface area (Å²) in [7, 11) is 0. The van der Waals surface area contributed by atoms with Gasteiger partial charge in [-0.2, -0.15) is 0 Å². The van der Waals surface area contributed by atoms with Gasteiger partial charge in [-0.1, -0.05) is 6.92 Å². The molecule has 0 radical (unpaired) electrons. The van der Waals surface area contributed by atoms with E-state index in [1.165, 1.54) is 6.07 Å². The number of benzene rings is 1. The summed E-state index contributed by atoms with van der Waals surface area (Å²) in [5, 5.41) is 22.5. The van der Waals surface area contributed by atoms with E-state index in [9.17, 15) is 14.9 Å². The van der Waals surface area contributed by atoms with Crippen LogP contribution in [0.15, 0.2) is 18.2 Å². The Balaban J connectivity index is 2.58. The number of anilines is 1. The fraction of sp³-hybridized carbons (Fsp3) is 0.500. The van der Waals surface area contributed by atoms with E-state index in [0.29, 0.717) is 26.0 Å². The molecule has 0 heterocycles. The number of carboxylic acids is 1. The van der Waals surface area contributed by atoms with Crippen LogP contribution in [0.4, 0.5) is 11.4 Å². The number of rotatable bonds is 10. The second-order valence-corrected chi connectivity index (χ2v) is 4.57. The standard InChI is InChI=1S/C14H20N2O5/c1-2-9-21-13-10-11(6-7-12(13)16(19)20)15-8-4-3-5-14(17)18/h6-7,10,15H,2-5,8-9H2,1H3,(H,17,18). The van der Waals surface area contributed by atoms with Gasteiger partial charge in [0.2, 0.25) is 0 Å². The van der Waals surface area contributed by atoms with Crippen molar-refractivity contribution >= 4 is 17.3 Å². The number of carboxylic acid groups (broad SMARTS) is 1. The largest absolute Gasteiger partial charge is 0.487 e. The fourth-order valence-corrected chi connectivity index (χ4v) is 1.74. The Morgan fingerprint density at radius 1 is 1.43 bits per heavy atom. The summed E-state index contributed by atoms with van der Waals surface area (Å²) in [5.74, 6) is -0.557. The molecular formula is C14H20N2O5. The fourth-order valence-electron chi connectivity index (χ4n) is 1.74. The molecule has 0 bridgehead atoms. The van der Waals surface area contributed by atoms with Crippen molar-refractivity contribution < 1.29 is 19.6 Å². The topological polar surface area (TPSA) is 102 Å². The van der Waals surface area contributed by atoms with E-state index in [1.807, 2.05) is 6.92 Å². The van der Waals surface area contributed by atoms with Gasteiger partial charge in [-0.3, -0.25) is 14.9 Å². The molecule has 1 rings (SSSR count). The predicted molar refractivity (Wildman–Crippen MR) is 78.9 cm³/mol. The van der Waals surface area contributed by atoms with Gasteiger partial charge < -0.3 is 15.2 Å². The highest BCUT2D eigenvalue weighted by atomic mass is 16.6. The molecule has 0 aliphatic carbocycles. The first kappa shape index (κ1) is 16.7. The summed E-state index contributed by atoms with van der Waals surface area (Å²) in [6, 6.07) is 4.63. The van der Waals surface area contributed by atoms with Gasteiger partial charge in [-0.05, 0) is 25.3 Å². The minimum Gasteiger partial charge on any atom is -0.487 e. The van der Waals surface area contributed by atoms with Crippen LogP contribution >= 0.6 is 0 Å². The lowest BCUT2D eigenvalue weighted by Gasteiger charge is -2.09. The number of ether oxygens (including phenoxy) is 1. The highest BCUT2D eigenvalue weighted by molar-refractivity contribution is 5.66. The van der Waals surface area contributed by atoms with Crippen molar-refractivity contribution in [1.82, 2.24) is 0 Å². The van der Waals surface area contributed by atoms with Crippen LogP contribution in [0.3, 0.4) is 0 Å². The van der Waals surface area contributed by atoms with Crippen LogP contribution in [0.5, 0.6) is 5.75 Å². The number of nitrogens with one attached hydrogen (secondary N) is 1. The van der Waals surface area contributed by atoms with Crippen LogP contribution in [0.1, 0.15) is 32.6 Å². The number of nitrogens with zero attached hydrogens (tertiary/aromatic N) is 1. The molecular weight excluding hydrogens is 276 g/mol. The van der Waals surface area contributed by atoms with E-state index in [-0.39, 0.29) is 17.9 Å². The molecule has 7 heteroatoms. The molecule has 0 atom stereocenters. The van der Waals surface area contributed by atoms with E-state index in [0.717, 1.165) is 12.1 Å². The Morgan fingerprint density at radius 2 is 2.19 bits per heavy atom. The molecule has 0 saturated heterocycles. The number of carbonyl (C=O) groups is 1. The summed E-state index contributed by atoms with van der Waals surface area (Å²) in [6.45, 7) is 2.96. The third-order valence-electron chi connectivity index (χ3n) is 2.76. The van der Waals surface area contributed by atoms with Gasteiger partial charge in [0.15, 0.2) is 5.75 Å². The van der Waals surface area contributed by atoms with Crippen molar-refractivity contribution in [2.24, 2.45) is 0 Å². The Bertz CT molecular complexity index is 490. The van der Waals surface area contributed by atoms with Crippen LogP contribution in [0.2, 0.25) is 0 Å². The van der Waals surface area contributed by atoms with Gasteiger partial charge in [0.05, 0.1) is 11.5 Å². The molecule has 7 nitrogen and oxygen atoms in total. The number of hydrogen-bond acceptors (Lipinski definition) is 5. The molecule has 116 valence electrons. The van der Waals surface area contributed by atoms with Crippen molar-refractivity contribution in [2.75, 3.05) is 18.5 Å². The van der Waals surface area contributed by atoms with Gasteiger partial charge >= 0.3 is 11.7 Å². The molecule has 1 aromatic carbocycles. The molecule has 21 heavy (non-hydrogen) atoms. The van der Waals surface area contributed by atoms with Crippen molar-refractivity contribution in [3.63, 3.8) is 0 Å². The summed E-state index contributed by atoms with van der Waals surface area (Å²) >= 11 is 0. The van der Waals surface area contributed by atoms with E-state index < -0.39 is 10.9 Å². The number of unbranched alkanes of at least 4 members (excludes halogenated alkanes) is 1. The smallest absolute Gasteiger partial charge is 0.311 e. The lowest BCUT2D eigenvalue weighted by Crippen LogP contribution is -2.05. The van der Waals surface area contributed by atoms with Gasteiger partial charge in [0.1, 0.15) is 0 Å². The molecule has 1 aromatic rings. The lowest BCUT2D eigenvalue weighted by molar-refractivity contribution is -0.385. The Morgan fingerprint density at radius 3 is 2.81 bits per heavy atom. The first-order valence-corrected chi connectivity index (χ1v) is 6.91. The normalized spacial score (nSPS) is 10.1.